The topological polar surface area (TPSA) is 38.5 Å². The number of hydrogen-bond donors (Lipinski definition) is 0. The van der Waals surface area contributed by atoms with Crippen molar-refractivity contribution in [3.8, 4) is 5.75 Å². The van der Waals surface area contributed by atoms with Crippen molar-refractivity contribution < 1.29 is 22.4 Å². The van der Waals surface area contributed by atoms with Crippen LogP contribution in [0.3, 0.4) is 0 Å². The van der Waals surface area contributed by atoms with Crippen molar-refractivity contribution in [3.63, 3.8) is 0 Å². The molecule has 0 N–H and O–H groups in total. The van der Waals surface area contributed by atoms with Crippen molar-refractivity contribution in [2.75, 3.05) is 7.05 Å². The van der Waals surface area contributed by atoms with Crippen LogP contribution in [0, 0.1) is 13.8 Å². The van der Waals surface area contributed by atoms with Gasteiger partial charge in [0.1, 0.15) is 11.5 Å². The Labute approximate surface area is 126 Å². The van der Waals surface area contributed by atoms with Crippen LogP contribution in [-0.2, 0) is 13.1 Å². The van der Waals surface area contributed by atoms with E-state index in [9.17, 15) is 13.2 Å². The van der Waals surface area contributed by atoms with E-state index in [2.05, 4.69) is 9.89 Å². The second-order valence-corrected chi connectivity index (χ2v) is 5.17. The highest BCUT2D eigenvalue weighted by atomic mass is 19.4. The van der Waals surface area contributed by atoms with Crippen LogP contribution in [0.25, 0.3) is 0 Å². The first-order valence-electron chi connectivity index (χ1n) is 6.69. The Morgan fingerprint density at radius 1 is 1.14 bits per heavy atom. The average Bonchev–Trinajstić information content (AvgIpc) is 2.71. The van der Waals surface area contributed by atoms with E-state index in [0.29, 0.717) is 13.1 Å². The van der Waals surface area contributed by atoms with Gasteiger partial charge >= 0.3 is 6.36 Å². The quantitative estimate of drug-likeness (QED) is 0.841. The molecule has 4 nitrogen and oxygen atoms in total. The van der Waals surface area contributed by atoms with E-state index in [4.69, 9.17) is 4.52 Å². The average molecular weight is 314 g/mol. The monoisotopic (exact) mass is 314 g/mol. The number of benzene rings is 1. The first-order valence-corrected chi connectivity index (χ1v) is 6.69. The van der Waals surface area contributed by atoms with Crippen molar-refractivity contribution in [1.29, 1.82) is 0 Å². The molecular weight excluding hydrogens is 297 g/mol. The molecule has 0 saturated heterocycles. The summed E-state index contributed by atoms with van der Waals surface area (Å²) in [6.07, 6.45) is -4.67. The molecule has 0 unspecified atom stereocenters. The number of nitrogens with zero attached hydrogens (tertiary/aromatic N) is 2. The Bertz CT molecular complexity index is 601. The normalized spacial score (nSPS) is 12.0. The lowest BCUT2D eigenvalue weighted by Crippen LogP contribution is -2.18. The standard InChI is InChI=1S/C15H17F3N2O2/c1-10-14(11(2)22-19-10)9-20(3)8-12-4-6-13(7-5-12)21-15(16,17)18/h4-7H,8-9H2,1-3H3. The van der Waals surface area contributed by atoms with Gasteiger partial charge in [-0.3, -0.25) is 4.90 Å². The van der Waals surface area contributed by atoms with Crippen molar-refractivity contribution in [2.24, 2.45) is 0 Å². The maximum atomic E-state index is 12.1. The SMILES string of the molecule is Cc1noc(C)c1CN(C)Cc1ccc(OC(F)(F)F)cc1. The summed E-state index contributed by atoms with van der Waals surface area (Å²) in [5.74, 6) is 0.558. The van der Waals surface area contributed by atoms with Crippen molar-refractivity contribution in [2.45, 2.75) is 33.3 Å². The molecule has 1 heterocycles. The van der Waals surface area contributed by atoms with E-state index in [-0.39, 0.29) is 5.75 Å². The van der Waals surface area contributed by atoms with Gasteiger partial charge in [0.15, 0.2) is 0 Å². The van der Waals surface area contributed by atoms with Crippen LogP contribution in [0.4, 0.5) is 13.2 Å². The zero-order valence-electron chi connectivity index (χ0n) is 12.6. The summed E-state index contributed by atoms with van der Waals surface area (Å²) in [7, 11) is 1.92. The maximum absolute atomic E-state index is 12.1. The molecule has 0 spiro atoms. The summed E-state index contributed by atoms with van der Waals surface area (Å²) in [5, 5.41) is 3.90. The summed E-state index contributed by atoms with van der Waals surface area (Å²) in [5.41, 5.74) is 2.77. The molecule has 0 bridgehead atoms. The largest absolute Gasteiger partial charge is 0.573 e. The van der Waals surface area contributed by atoms with Crippen LogP contribution in [-0.4, -0.2) is 23.5 Å². The molecule has 0 aliphatic heterocycles. The Balaban J connectivity index is 1.96. The van der Waals surface area contributed by atoms with E-state index in [1.165, 1.54) is 12.1 Å². The van der Waals surface area contributed by atoms with Gasteiger partial charge in [0.2, 0.25) is 0 Å². The Morgan fingerprint density at radius 3 is 2.27 bits per heavy atom. The molecule has 0 amide bonds. The number of aryl methyl sites for hydroxylation is 2. The molecule has 7 heteroatoms. The minimum atomic E-state index is -4.67. The minimum Gasteiger partial charge on any atom is -0.406 e. The lowest BCUT2D eigenvalue weighted by Gasteiger charge is -2.17. The molecule has 22 heavy (non-hydrogen) atoms. The second-order valence-electron chi connectivity index (χ2n) is 5.17. The summed E-state index contributed by atoms with van der Waals surface area (Å²) in [4.78, 5) is 2.03. The summed E-state index contributed by atoms with van der Waals surface area (Å²) >= 11 is 0. The van der Waals surface area contributed by atoms with Gasteiger partial charge in [0, 0.05) is 18.7 Å². The fraction of sp³-hybridized carbons (Fsp3) is 0.400. The first-order chi connectivity index (χ1) is 10.2. The van der Waals surface area contributed by atoms with Crippen LogP contribution in [0.1, 0.15) is 22.6 Å². The van der Waals surface area contributed by atoms with Gasteiger partial charge in [-0.25, -0.2) is 0 Å². The van der Waals surface area contributed by atoms with Crippen LogP contribution in [0.2, 0.25) is 0 Å². The van der Waals surface area contributed by atoms with Gasteiger partial charge in [-0.05, 0) is 38.6 Å². The lowest BCUT2D eigenvalue weighted by molar-refractivity contribution is -0.274. The van der Waals surface area contributed by atoms with Gasteiger partial charge in [-0.1, -0.05) is 17.3 Å². The van der Waals surface area contributed by atoms with E-state index in [1.807, 2.05) is 25.8 Å². The summed E-state index contributed by atoms with van der Waals surface area (Å²) < 4.78 is 45.2. The minimum absolute atomic E-state index is 0.218. The van der Waals surface area contributed by atoms with Gasteiger partial charge < -0.3 is 9.26 Å². The second kappa shape index (κ2) is 6.39. The third-order valence-electron chi connectivity index (χ3n) is 3.22. The van der Waals surface area contributed by atoms with Crippen LogP contribution in [0.5, 0.6) is 5.75 Å². The molecular formula is C15H17F3N2O2. The number of halogens is 3. The van der Waals surface area contributed by atoms with Crippen LogP contribution >= 0.6 is 0 Å². The van der Waals surface area contributed by atoms with E-state index >= 15 is 0 Å². The molecule has 120 valence electrons. The Kier molecular flexibility index (Phi) is 4.75. The first kappa shape index (κ1) is 16.4. The van der Waals surface area contributed by atoms with E-state index < -0.39 is 6.36 Å². The van der Waals surface area contributed by atoms with Gasteiger partial charge in [0.05, 0.1) is 5.69 Å². The van der Waals surface area contributed by atoms with Crippen molar-refractivity contribution in [3.05, 3.63) is 46.8 Å². The molecule has 0 radical (unpaired) electrons. The zero-order valence-corrected chi connectivity index (χ0v) is 12.6. The number of rotatable bonds is 5. The highest BCUT2D eigenvalue weighted by Crippen LogP contribution is 2.23. The third kappa shape index (κ3) is 4.49. The number of hydrogen-bond acceptors (Lipinski definition) is 4. The zero-order chi connectivity index (χ0) is 16.3. The van der Waals surface area contributed by atoms with E-state index in [0.717, 1.165) is 22.6 Å². The molecule has 0 aliphatic rings. The van der Waals surface area contributed by atoms with Gasteiger partial charge in [-0.15, -0.1) is 13.2 Å². The fourth-order valence-corrected chi connectivity index (χ4v) is 2.16. The molecule has 2 rings (SSSR count). The predicted molar refractivity (Wildman–Crippen MR) is 74.3 cm³/mol. The highest BCUT2D eigenvalue weighted by Gasteiger charge is 2.30. The third-order valence-corrected chi connectivity index (χ3v) is 3.22. The number of ether oxygens (including phenoxy) is 1. The molecule has 1 aromatic heterocycles. The van der Waals surface area contributed by atoms with Crippen LogP contribution in [0.15, 0.2) is 28.8 Å². The molecule has 0 fully saturated rings. The highest BCUT2D eigenvalue weighted by molar-refractivity contribution is 5.27. The van der Waals surface area contributed by atoms with E-state index in [1.54, 1.807) is 12.1 Å². The van der Waals surface area contributed by atoms with Crippen molar-refractivity contribution >= 4 is 0 Å². The molecule has 0 aliphatic carbocycles. The Hall–Kier alpha value is -2.02. The summed E-state index contributed by atoms with van der Waals surface area (Å²) in [6.45, 7) is 4.98. The van der Waals surface area contributed by atoms with Gasteiger partial charge in [-0.2, -0.15) is 0 Å². The van der Waals surface area contributed by atoms with Gasteiger partial charge in [0.25, 0.3) is 0 Å². The van der Waals surface area contributed by atoms with Crippen LogP contribution < -0.4 is 4.74 Å². The molecule has 0 saturated carbocycles. The molecule has 2 aromatic rings. The predicted octanol–water partition coefficient (Wildman–Crippen LogP) is 3.82. The molecule has 0 atom stereocenters. The van der Waals surface area contributed by atoms with Crippen molar-refractivity contribution in [1.82, 2.24) is 10.1 Å². The number of alkyl halides is 3. The maximum Gasteiger partial charge on any atom is 0.573 e. The fourth-order valence-electron chi connectivity index (χ4n) is 2.16. The molecule has 1 aromatic carbocycles. The summed E-state index contributed by atoms with van der Waals surface area (Å²) in [6, 6.07) is 5.86. The Morgan fingerprint density at radius 2 is 1.77 bits per heavy atom. The number of aromatic nitrogens is 1. The lowest BCUT2D eigenvalue weighted by atomic mass is 10.1. The smallest absolute Gasteiger partial charge is 0.406 e.